The smallest absolute Gasteiger partial charge is 0.220 e. The zero-order valence-electron chi connectivity index (χ0n) is 14.1. The Balaban J connectivity index is 2.20. The summed E-state index contributed by atoms with van der Waals surface area (Å²) in [7, 11) is 0. The average Bonchev–Trinajstić information content (AvgIpc) is 2.41. The summed E-state index contributed by atoms with van der Waals surface area (Å²) in [4.78, 5) is 23.6. The molecule has 1 aliphatic carbocycles. The molecule has 3 unspecified atom stereocenters. The molecule has 0 aromatic heterocycles. The summed E-state index contributed by atoms with van der Waals surface area (Å²) in [5, 5.41) is 5.98. The third kappa shape index (κ3) is 6.96. The molecule has 3 atom stereocenters. The molecule has 0 heterocycles. The SMILES string of the molecule is CC(C)CCNC(=O)CCC(=O)NC1CCCC(C)C1C. The van der Waals surface area contributed by atoms with Crippen LogP contribution in [0.15, 0.2) is 0 Å². The Labute approximate surface area is 129 Å². The molecule has 0 spiro atoms. The highest BCUT2D eigenvalue weighted by atomic mass is 16.2. The lowest BCUT2D eigenvalue weighted by atomic mass is 9.78. The van der Waals surface area contributed by atoms with Crippen molar-refractivity contribution in [2.75, 3.05) is 6.54 Å². The van der Waals surface area contributed by atoms with Crippen LogP contribution in [0.25, 0.3) is 0 Å². The van der Waals surface area contributed by atoms with Gasteiger partial charge in [0.2, 0.25) is 11.8 Å². The minimum atomic E-state index is -0.0177. The second-order valence-electron chi connectivity index (χ2n) is 6.97. The molecule has 122 valence electrons. The highest BCUT2D eigenvalue weighted by Gasteiger charge is 2.27. The molecule has 1 aliphatic rings. The largest absolute Gasteiger partial charge is 0.356 e. The van der Waals surface area contributed by atoms with E-state index in [4.69, 9.17) is 0 Å². The fourth-order valence-corrected chi connectivity index (χ4v) is 2.88. The minimum Gasteiger partial charge on any atom is -0.356 e. The van der Waals surface area contributed by atoms with Gasteiger partial charge in [-0.3, -0.25) is 9.59 Å². The Morgan fingerprint density at radius 3 is 2.43 bits per heavy atom. The Morgan fingerprint density at radius 1 is 1.10 bits per heavy atom. The van der Waals surface area contributed by atoms with Gasteiger partial charge in [0.15, 0.2) is 0 Å². The third-order valence-electron chi connectivity index (χ3n) is 4.68. The molecular formula is C17H32N2O2. The molecule has 2 N–H and O–H groups in total. The van der Waals surface area contributed by atoms with Crippen molar-refractivity contribution in [1.82, 2.24) is 10.6 Å². The molecule has 4 heteroatoms. The van der Waals surface area contributed by atoms with E-state index in [1.165, 1.54) is 12.8 Å². The monoisotopic (exact) mass is 296 g/mol. The summed E-state index contributed by atoms with van der Waals surface area (Å²) < 4.78 is 0. The van der Waals surface area contributed by atoms with Crippen LogP contribution in [0.3, 0.4) is 0 Å². The van der Waals surface area contributed by atoms with Crippen LogP contribution in [0.2, 0.25) is 0 Å². The van der Waals surface area contributed by atoms with Gasteiger partial charge in [-0.2, -0.15) is 0 Å². The van der Waals surface area contributed by atoms with Crippen molar-refractivity contribution < 1.29 is 9.59 Å². The Hall–Kier alpha value is -1.06. The van der Waals surface area contributed by atoms with Crippen LogP contribution in [-0.4, -0.2) is 24.4 Å². The maximum absolute atomic E-state index is 12.0. The van der Waals surface area contributed by atoms with Crippen molar-refractivity contribution in [3.8, 4) is 0 Å². The van der Waals surface area contributed by atoms with Gasteiger partial charge < -0.3 is 10.6 Å². The first-order chi connectivity index (χ1) is 9.90. The van der Waals surface area contributed by atoms with Crippen molar-refractivity contribution in [1.29, 1.82) is 0 Å². The predicted molar refractivity (Wildman–Crippen MR) is 85.8 cm³/mol. The molecule has 1 rings (SSSR count). The predicted octanol–water partition coefficient (Wildman–Crippen LogP) is 2.87. The zero-order valence-corrected chi connectivity index (χ0v) is 14.1. The number of amides is 2. The van der Waals surface area contributed by atoms with E-state index < -0.39 is 0 Å². The molecule has 4 nitrogen and oxygen atoms in total. The van der Waals surface area contributed by atoms with Crippen LogP contribution in [-0.2, 0) is 9.59 Å². The highest BCUT2D eigenvalue weighted by molar-refractivity contribution is 5.83. The van der Waals surface area contributed by atoms with Crippen molar-refractivity contribution >= 4 is 11.8 Å². The van der Waals surface area contributed by atoms with Gasteiger partial charge in [0, 0.05) is 25.4 Å². The number of nitrogens with one attached hydrogen (secondary N) is 2. The quantitative estimate of drug-likeness (QED) is 0.759. The van der Waals surface area contributed by atoms with E-state index in [2.05, 4.69) is 38.3 Å². The number of carbonyl (C=O) groups excluding carboxylic acids is 2. The lowest BCUT2D eigenvalue weighted by Gasteiger charge is -2.34. The van der Waals surface area contributed by atoms with Crippen LogP contribution in [0, 0.1) is 17.8 Å². The van der Waals surface area contributed by atoms with Gasteiger partial charge in [0.1, 0.15) is 0 Å². The van der Waals surface area contributed by atoms with Gasteiger partial charge in [-0.05, 0) is 30.6 Å². The maximum atomic E-state index is 12.0. The fraction of sp³-hybridized carbons (Fsp3) is 0.882. The van der Waals surface area contributed by atoms with Gasteiger partial charge in [-0.1, -0.05) is 40.5 Å². The van der Waals surface area contributed by atoms with Gasteiger partial charge in [-0.25, -0.2) is 0 Å². The van der Waals surface area contributed by atoms with E-state index in [9.17, 15) is 9.59 Å². The van der Waals surface area contributed by atoms with Crippen LogP contribution < -0.4 is 10.6 Å². The molecule has 0 aromatic rings. The summed E-state index contributed by atoms with van der Waals surface area (Å²) in [5.41, 5.74) is 0. The number of carbonyl (C=O) groups is 2. The summed E-state index contributed by atoms with van der Waals surface area (Å²) in [5.74, 6) is 1.78. The molecule has 1 saturated carbocycles. The van der Waals surface area contributed by atoms with E-state index in [1.807, 2.05) is 0 Å². The lowest BCUT2D eigenvalue weighted by molar-refractivity contribution is -0.127. The van der Waals surface area contributed by atoms with Gasteiger partial charge in [0.25, 0.3) is 0 Å². The summed E-state index contributed by atoms with van der Waals surface area (Å²) in [6.45, 7) is 9.44. The molecule has 0 bridgehead atoms. The molecule has 0 aromatic carbocycles. The molecule has 0 aliphatic heterocycles. The summed E-state index contributed by atoms with van der Waals surface area (Å²) in [6.07, 6.45) is 5.08. The van der Waals surface area contributed by atoms with Gasteiger partial charge in [0.05, 0.1) is 0 Å². The Bertz CT molecular complexity index is 342. The average molecular weight is 296 g/mol. The van der Waals surface area contributed by atoms with Crippen LogP contribution in [0.5, 0.6) is 0 Å². The van der Waals surface area contributed by atoms with E-state index in [1.54, 1.807) is 0 Å². The normalized spacial score (nSPS) is 25.7. The summed E-state index contributed by atoms with van der Waals surface area (Å²) >= 11 is 0. The number of hydrogen-bond acceptors (Lipinski definition) is 2. The molecule has 0 radical (unpaired) electrons. The van der Waals surface area contributed by atoms with E-state index in [0.29, 0.717) is 37.1 Å². The Morgan fingerprint density at radius 2 is 1.76 bits per heavy atom. The lowest BCUT2D eigenvalue weighted by Crippen LogP contribution is -2.43. The first kappa shape index (κ1) is 18.0. The van der Waals surface area contributed by atoms with E-state index in [0.717, 1.165) is 12.8 Å². The minimum absolute atomic E-state index is 0.0139. The van der Waals surface area contributed by atoms with Gasteiger partial charge in [-0.15, -0.1) is 0 Å². The van der Waals surface area contributed by atoms with Crippen LogP contribution in [0.4, 0.5) is 0 Å². The van der Waals surface area contributed by atoms with Crippen molar-refractivity contribution in [2.45, 2.75) is 72.3 Å². The number of rotatable bonds is 7. The zero-order chi connectivity index (χ0) is 15.8. The first-order valence-electron chi connectivity index (χ1n) is 8.46. The maximum Gasteiger partial charge on any atom is 0.220 e. The van der Waals surface area contributed by atoms with Crippen LogP contribution >= 0.6 is 0 Å². The molecule has 0 saturated heterocycles. The van der Waals surface area contributed by atoms with Crippen molar-refractivity contribution in [3.63, 3.8) is 0 Å². The highest BCUT2D eigenvalue weighted by Crippen LogP contribution is 2.29. The van der Waals surface area contributed by atoms with Crippen molar-refractivity contribution in [3.05, 3.63) is 0 Å². The second kappa shape index (κ2) is 9.06. The third-order valence-corrected chi connectivity index (χ3v) is 4.68. The topological polar surface area (TPSA) is 58.2 Å². The Kier molecular flexibility index (Phi) is 7.76. The summed E-state index contributed by atoms with van der Waals surface area (Å²) in [6, 6.07) is 0.283. The number of hydrogen-bond donors (Lipinski definition) is 2. The van der Waals surface area contributed by atoms with E-state index >= 15 is 0 Å². The van der Waals surface area contributed by atoms with E-state index in [-0.39, 0.29) is 17.9 Å². The standard InChI is InChI=1S/C17H32N2O2/c1-12(2)10-11-18-16(20)8-9-17(21)19-15-7-5-6-13(3)14(15)4/h12-15H,5-11H2,1-4H3,(H,18,20)(H,19,21). The molecule has 2 amide bonds. The van der Waals surface area contributed by atoms with Crippen molar-refractivity contribution in [2.24, 2.45) is 17.8 Å². The fourth-order valence-electron chi connectivity index (χ4n) is 2.88. The molecule has 21 heavy (non-hydrogen) atoms. The molecule has 1 fully saturated rings. The second-order valence-corrected chi connectivity index (χ2v) is 6.97. The molecular weight excluding hydrogens is 264 g/mol. The van der Waals surface area contributed by atoms with Crippen LogP contribution in [0.1, 0.15) is 66.2 Å². The first-order valence-corrected chi connectivity index (χ1v) is 8.46. The van der Waals surface area contributed by atoms with Gasteiger partial charge >= 0.3 is 0 Å².